The van der Waals surface area contributed by atoms with E-state index in [2.05, 4.69) is 15.5 Å². The van der Waals surface area contributed by atoms with Crippen LogP contribution in [0.5, 0.6) is 0 Å². The molecule has 2 fully saturated rings. The van der Waals surface area contributed by atoms with Crippen molar-refractivity contribution < 1.29 is 24.2 Å². The molecular formula is C19H31N3O5. The zero-order valence-corrected chi connectivity index (χ0v) is 15.8. The average molecular weight is 381 g/mol. The minimum Gasteiger partial charge on any atom is -0.394 e. The van der Waals surface area contributed by atoms with Gasteiger partial charge in [-0.05, 0) is 25.8 Å². The number of carbonyl (C=O) groups excluding carboxylic acids is 2. The largest absolute Gasteiger partial charge is 0.394 e. The van der Waals surface area contributed by atoms with Crippen molar-refractivity contribution in [1.29, 1.82) is 0 Å². The van der Waals surface area contributed by atoms with Crippen LogP contribution >= 0.6 is 0 Å². The molecule has 3 aliphatic rings. The number of rotatable bonds is 9. The van der Waals surface area contributed by atoms with Crippen molar-refractivity contribution >= 4 is 11.8 Å². The summed E-state index contributed by atoms with van der Waals surface area (Å²) in [6.45, 7) is 4.87. The third kappa shape index (κ3) is 6.57. The van der Waals surface area contributed by atoms with Crippen molar-refractivity contribution in [2.75, 3.05) is 46.0 Å². The van der Waals surface area contributed by atoms with E-state index < -0.39 is 6.10 Å². The van der Waals surface area contributed by atoms with Crippen LogP contribution < -0.4 is 10.6 Å². The molecule has 1 saturated carbocycles. The minimum atomic E-state index is -0.517. The molecule has 3 rings (SSSR count). The molecule has 1 saturated heterocycles. The molecule has 3 atom stereocenters. The Morgan fingerprint density at radius 3 is 2.67 bits per heavy atom. The second-order valence-electron chi connectivity index (χ2n) is 7.45. The summed E-state index contributed by atoms with van der Waals surface area (Å²) in [7, 11) is 0. The van der Waals surface area contributed by atoms with Gasteiger partial charge in [-0.1, -0.05) is 12.2 Å². The Hall–Kier alpha value is -1.48. The number of hydrogen-bond acceptors (Lipinski definition) is 6. The molecule has 8 nitrogen and oxygen atoms in total. The van der Waals surface area contributed by atoms with Gasteiger partial charge in [0.15, 0.2) is 0 Å². The Morgan fingerprint density at radius 1 is 1.19 bits per heavy atom. The number of hydrogen-bond donors (Lipinski definition) is 3. The number of nitrogens with one attached hydrogen (secondary N) is 2. The predicted octanol–water partition coefficient (Wildman–Crippen LogP) is -0.574. The summed E-state index contributed by atoms with van der Waals surface area (Å²) < 4.78 is 11.1. The zero-order valence-electron chi connectivity index (χ0n) is 15.8. The summed E-state index contributed by atoms with van der Waals surface area (Å²) in [5.74, 6) is 0.0608. The van der Waals surface area contributed by atoms with E-state index in [1.54, 1.807) is 6.08 Å². The maximum absolute atomic E-state index is 12.1. The number of aliphatic hydroxyl groups excluding tert-OH is 1. The fourth-order valence-electron chi connectivity index (χ4n) is 3.37. The van der Waals surface area contributed by atoms with Gasteiger partial charge in [-0.25, -0.2) is 0 Å². The first-order valence-corrected chi connectivity index (χ1v) is 9.97. The first kappa shape index (κ1) is 20.3. The molecule has 0 radical (unpaired) electrons. The van der Waals surface area contributed by atoms with Gasteiger partial charge in [0.1, 0.15) is 6.10 Å². The van der Waals surface area contributed by atoms with E-state index in [0.717, 1.165) is 52.1 Å². The van der Waals surface area contributed by atoms with Crippen LogP contribution in [0.1, 0.15) is 25.7 Å². The van der Waals surface area contributed by atoms with Gasteiger partial charge in [0.2, 0.25) is 11.8 Å². The Labute approximate surface area is 160 Å². The van der Waals surface area contributed by atoms with E-state index in [0.29, 0.717) is 6.54 Å². The van der Waals surface area contributed by atoms with Gasteiger partial charge in [0, 0.05) is 25.6 Å². The van der Waals surface area contributed by atoms with Crippen molar-refractivity contribution in [3.63, 3.8) is 0 Å². The van der Waals surface area contributed by atoms with Crippen LogP contribution in [-0.2, 0) is 19.1 Å². The lowest BCUT2D eigenvalue weighted by molar-refractivity contribution is -0.128. The van der Waals surface area contributed by atoms with E-state index >= 15 is 0 Å². The predicted molar refractivity (Wildman–Crippen MR) is 99.0 cm³/mol. The number of ether oxygens (including phenoxy) is 2. The van der Waals surface area contributed by atoms with Crippen molar-refractivity contribution in [2.24, 2.45) is 5.92 Å². The number of nitrogens with zero attached hydrogens (tertiary/aromatic N) is 1. The van der Waals surface area contributed by atoms with Crippen LogP contribution in [0.3, 0.4) is 0 Å². The molecule has 3 N–H and O–H groups in total. The third-order valence-corrected chi connectivity index (χ3v) is 5.18. The second kappa shape index (κ2) is 10.2. The van der Waals surface area contributed by atoms with Gasteiger partial charge in [-0.3, -0.25) is 14.5 Å². The minimum absolute atomic E-state index is 0.0168. The summed E-state index contributed by atoms with van der Waals surface area (Å²) in [4.78, 5) is 26.4. The summed E-state index contributed by atoms with van der Waals surface area (Å²) >= 11 is 0. The van der Waals surface area contributed by atoms with Crippen LogP contribution in [-0.4, -0.2) is 86.1 Å². The molecule has 8 heteroatoms. The molecule has 0 aromatic carbocycles. The molecule has 0 aromatic rings. The Balaban J connectivity index is 1.34. The first-order valence-electron chi connectivity index (χ1n) is 9.97. The Kier molecular flexibility index (Phi) is 7.63. The molecule has 152 valence electrons. The second-order valence-corrected chi connectivity index (χ2v) is 7.45. The highest BCUT2D eigenvalue weighted by Crippen LogP contribution is 2.29. The van der Waals surface area contributed by atoms with Gasteiger partial charge in [0.25, 0.3) is 0 Å². The molecule has 0 bridgehead atoms. The van der Waals surface area contributed by atoms with Crippen LogP contribution in [0.25, 0.3) is 0 Å². The van der Waals surface area contributed by atoms with Gasteiger partial charge in [-0.2, -0.15) is 0 Å². The maximum atomic E-state index is 12.1. The molecule has 0 aromatic heterocycles. The lowest BCUT2D eigenvalue weighted by Gasteiger charge is -2.31. The first-order chi connectivity index (χ1) is 13.2. The lowest BCUT2D eigenvalue weighted by atomic mass is 10.0. The van der Waals surface area contributed by atoms with E-state index in [1.807, 2.05) is 6.08 Å². The highest BCUT2D eigenvalue weighted by Gasteiger charge is 2.34. The fraction of sp³-hybridized carbons (Fsp3) is 0.789. The average Bonchev–Trinajstić information content (AvgIpc) is 3.52. The standard InChI is InChI=1S/C19H31N3O5/c23-13-17-16(21-19(25)14-2-3-14)5-4-15(27-17)12-18(24)20-6-1-7-22-8-10-26-11-9-22/h4-5,14-17,23H,1-3,6-13H2,(H,20,24)(H,21,25)/t15-,16-,17-/m1/s1. The van der Waals surface area contributed by atoms with Gasteiger partial charge in [-0.15, -0.1) is 0 Å². The van der Waals surface area contributed by atoms with Gasteiger partial charge < -0.3 is 25.2 Å². The maximum Gasteiger partial charge on any atom is 0.223 e. The van der Waals surface area contributed by atoms with Crippen molar-refractivity contribution in [3.8, 4) is 0 Å². The highest BCUT2D eigenvalue weighted by atomic mass is 16.5. The summed E-state index contributed by atoms with van der Waals surface area (Å²) in [6, 6.07) is -0.337. The molecule has 1 aliphatic carbocycles. The van der Waals surface area contributed by atoms with E-state index in [9.17, 15) is 14.7 Å². The number of carbonyl (C=O) groups is 2. The number of aliphatic hydroxyl groups is 1. The van der Waals surface area contributed by atoms with E-state index in [4.69, 9.17) is 9.47 Å². The van der Waals surface area contributed by atoms with Crippen LogP contribution in [0.4, 0.5) is 0 Å². The molecule has 2 amide bonds. The zero-order chi connectivity index (χ0) is 19.1. The quantitative estimate of drug-likeness (QED) is 0.365. The summed E-state index contributed by atoms with van der Waals surface area (Å²) in [5, 5.41) is 15.4. The monoisotopic (exact) mass is 381 g/mol. The van der Waals surface area contributed by atoms with Crippen LogP contribution in [0.15, 0.2) is 12.2 Å². The number of morpholine rings is 1. The number of amides is 2. The van der Waals surface area contributed by atoms with Crippen molar-refractivity contribution in [2.45, 2.75) is 43.9 Å². The van der Waals surface area contributed by atoms with Crippen LogP contribution in [0, 0.1) is 5.92 Å². The van der Waals surface area contributed by atoms with E-state index in [1.165, 1.54) is 0 Å². The molecule has 2 heterocycles. The highest BCUT2D eigenvalue weighted by molar-refractivity contribution is 5.81. The van der Waals surface area contributed by atoms with Crippen molar-refractivity contribution in [3.05, 3.63) is 12.2 Å². The smallest absolute Gasteiger partial charge is 0.223 e. The topological polar surface area (TPSA) is 100 Å². The van der Waals surface area contributed by atoms with Crippen LogP contribution in [0.2, 0.25) is 0 Å². The third-order valence-electron chi connectivity index (χ3n) is 5.18. The molecule has 0 unspecified atom stereocenters. The van der Waals surface area contributed by atoms with Crippen molar-refractivity contribution in [1.82, 2.24) is 15.5 Å². The van der Waals surface area contributed by atoms with E-state index in [-0.39, 0.29) is 42.9 Å². The summed E-state index contributed by atoms with van der Waals surface area (Å²) in [6.07, 6.45) is 5.73. The van der Waals surface area contributed by atoms with Gasteiger partial charge in [0.05, 0.1) is 38.4 Å². The molecular weight excluding hydrogens is 350 g/mol. The molecule has 2 aliphatic heterocycles. The lowest BCUT2D eigenvalue weighted by Crippen LogP contribution is -2.49. The summed E-state index contributed by atoms with van der Waals surface area (Å²) in [5.41, 5.74) is 0. The molecule has 27 heavy (non-hydrogen) atoms. The fourth-order valence-corrected chi connectivity index (χ4v) is 3.37. The normalized spacial score (nSPS) is 28.7. The SMILES string of the molecule is O=C(C[C@H]1C=C[C@@H](NC(=O)C2CC2)[C@@H](CO)O1)NCCCN1CCOCC1. The molecule has 0 spiro atoms. The van der Waals surface area contributed by atoms with Gasteiger partial charge >= 0.3 is 0 Å². The Morgan fingerprint density at radius 2 is 1.96 bits per heavy atom. The Bertz CT molecular complexity index is 531.